The zero-order valence-corrected chi connectivity index (χ0v) is 17.9. The van der Waals surface area contributed by atoms with Crippen molar-refractivity contribution >= 4 is 61.4 Å². The van der Waals surface area contributed by atoms with Gasteiger partial charge in [-0.1, -0.05) is 35.1 Å². The molecule has 9 heteroatoms. The van der Waals surface area contributed by atoms with Gasteiger partial charge >= 0.3 is 0 Å². The lowest BCUT2D eigenvalue weighted by molar-refractivity contribution is 0.103. The number of thiazole rings is 1. The summed E-state index contributed by atoms with van der Waals surface area (Å²) in [5.74, 6) is 0.823. The lowest BCUT2D eigenvalue weighted by Crippen LogP contribution is -2.11. The van der Waals surface area contributed by atoms with E-state index in [0.717, 1.165) is 11.1 Å². The second kappa shape index (κ2) is 8.24. The Labute approximate surface area is 174 Å². The molecule has 3 rings (SSSR count). The number of pyridine rings is 1. The number of para-hydroxylation sites is 1. The summed E-state index contributed by atoms with van der Waals surface area (Å²) >= 11 is 10.8. The van der Waals surface area contributed by atoms with Gasteiger partial charge in [0.1, 0.15) is 9.48 Å². The molecule has 2 aromatic heterocycles. The summed E-state index contributed by atoms with van der Waals surface area (Å²) in [6, 6.07) is 7.31. The van der Waals surface area contributed by atoms with Crippen LogP contribution in [0.2, 0.25) is 5.02 Å². The van der Waals surface area contributed by atoms with E-state index < -0.39 is 0 Å². The molecule has 1 amide bonds. The van der Waals surface area contributed by atoms with Gasteiger partial charge in [-0.15, -0.1) is 0 Å². The van der Waals surface area contributed by atoms with Crippen molar-refractivity contribution < 1.29 is 9.53 Å². The molecular weight excluding hydrogens is 452 g/mol. The first-order valence-electron chi connectivity index (χ1n) is 7.89. The van der Waals surface area contributed by atoms with E-state index in [4.69, 9.17) is 16.3 Å². The van der Waals surface area contributed by atoms with Gasteiger partial charge in [0.05, 0.1) is 24.0 Å². The number of hydrogen-bond donors (Lipinski definition) is 2. The summed E-state index contributed by atoms with van der Waals surface area (Å²) in [6.45, 7) is 3.81. The largest absolute Gasteiger partial charge is 0.493 e. The molecule has 2 heterocycles. The van der Waals surface area contributed by atoms with Crippen molar-refractivity contribution in [2.75, 3.05) is 17.7 Å². The van der Waals surface area contributed by atoms with Crippen LogP contribution < -0.4 is 15.4 Å². The number of methoxy groups -OCH3 is 1. The van der Waals surface area contributed by atoms with E-state index in [9.17, 15) is 4.79 Å². The Morgan fingerprint density at radius 2 is 2.07 bits per heavy atom. The van der Waals surface area contributed by atoms with E-state index in [1.54, 1.807) is 13.2 Å². The molecule has 0 fully saturated rings. The average molecular weight is 468 g/mol. The topological polar surface area (TPSA) is 76.1 Å². The molecule has 6 nitrogen and oxygen atoms in total. The molecule has 140 valence electrons. The van der Waals surface area contributed by atoms with Gasteiger partial charge in [-0.25, -0.2) is 9.97 Å². The lowest BCUT2D eigenvalue weighted by Gasteiger charge is -2.10. The van der Waals surface area contributed by atoms with Crippen LogP contribution in [0.4, 0.5) is 16.6 Å². The number of nitrogens with one attached hydrogen (secondary N) is 2. The highest BCUT2D eigenvalue weighted by molar-refractivity contribution is 9.10. The summed E-state index contributed by atoms with van der Waals surface area (Å²) in [5, 5.41) is 6.94. The molecule has 1 aromatic carbocycles. The molecule has 0 aliphatic rings. The van der Waals surface area contributed by atoms with Crippen LogP contribution in [0.3, 0.4) is 0 Å². The Morgan fingerprint density at radius 1 is 1.30 bits per heavy atom. The minimum Gasteiger partial charge on any atom is -0.493 e. The third-order valence-corrected chi connectivity index (χ3v) is 5.78. The molecule has 0 radical (unpaired) electrons. The number of aryl methyl sites for hydroxylation is 2. The number of aromatic nitrogens is 2. The maximum atomic E-state index is 12.5. The minimum absolute atomic E-state index is 0.276. The number of carbonyl (C=O) groups excluding carboxylic acids is 1. The number of hydrogen-bond acceptors (Lipinski definition) is 6. The normalized spacial score (nSPS) is 10.6. The SMILES string of the molecule is COc1cc(C)c(Br)nc1Nc1ncc(C(=O)Nc2c(C)cccc2Cl)s1. The molecule has 0 atom stereocenters. The van der Waals surface area contributed by atoms with Gasteiger partial charge in [-0.3, -0.25) is 4.79 Å². The predicted molar refractivity (Wildman–Crippen MR) is 113 cm³/mol. The molecule has 0 saturated heterocycles. The van der Waals surface area contributed by atoms with Gasteiger partial charge in [-0.2, -0.15) is 0 Å². The van der Waals surface area contributed by atoms with E-state index in [-0.39, 0.29) is 5.91 Å². The van der Waals surface area contributed by atoms with Crippen LogP contribution in [0.25, 0.3) is 0 Å². The average Bonchev–Trinajstić information content (AvgIpc) is 3.10. The van der Waals surface area contributed by atoms with Crippen molar-refractivity contribution in [2.45, 2.75) is 13.8 Å². The highest BCUT2D eigenvalue weighted by Crippen LogP contribution is 2.32. The highest BCUT2D eigenvalue weighted by Gasteiger charge is 2.16. The molecular formula is C18H16BrClN4O2S. The number of nitrogens with zero attached hydrogens (tertiary/aromatic N) is 2. The zero-order chi connectivity index (χ0) is 19.6. The van der Waals surface area contributed by atoms with Crippen LogP contribution >= 0.6 is 38.9 Å². The van der Waals surface area contributed by atoms with Crippen molar-refractivity contribution in [3.8, 4) is 5.75 Å². The van der Waals surface area contributed by atoms with Gasteiger partial charge in [0.2, 0.25) is 0 Å². The second-order valence-corrected chi connectivity index (χ2v) is 7.88. The van der Waals surface area contributed by atoms with Crippen LogP contribution in [0.5, 0.6) is 5.75 Å². The van der Waals surface area contributed by atoms with Crippen molar-refractivity contribution in [3.05, 3.63) is 56.1 Å². The molecule has 2 N–H and O–H groups in total. The second-order valence-electron chi connectivity index (χ2n) is 5.69. The van der Waals surface area contributed by atoms with E-state index in [2.05, 4.69) is 36.5 Å². The van der Waals surface area contributed by atoms with Gasteiger partial charge in [0.25, 0.3) is 5.91 Å². The molecule has 3 aromatic rings. The fourth-order valence-electron chi connectivity index (χ4n) is 2.31. The zero-order valence-electron chi connectivity index (χ0n) is 14.8. The maximum absolute atomic E-state index is 12.5. The number of ether oxygens (including phenoxy) is 1. The van der Waals surface area contributed by atoms with Crippen molar-refractivity contribution in [3.63, 3.8) is 0 Å². The molecule has 0 aliphatic carbocycles. The van der Waals surface area contributed by atoms with Crippen molar-refractivity contribution in [1.29, 1.82) is 0 Å². The molecule has 0 unspecified atom stereocenters. The van der Waals surface area contributed by atoms with Gasteiger partial charge in [0, 0.05) is 0 Å². The van der Waals surface area contributed by atoms with Crippen LogP contribution in [-0.4, -0.2) is 23.0 Å². The Morgan fingerprint density at radius 3 is 2.78 bits per heavy atom. The van der Waals surface area contributed by atoms with Crippen LogP contribution in [0, 0.1) is 13.8 Å². The molecule has 0 aliphatic heterocycles. The van der Waals surface area contributed by atoms with Gasteiger partial charge < -0.3 is 15.4 Å². The molecule has 27 heavy (non-hydrogen) atoms. The predicted octanol–water partition coefficient (Wildman–Crippen LogP) is 5.58. The maximum Gasteiger partial charge on any atom is 0.267 e. The number of halogens is 2. The number of benzene rings is 1. The van der Waals surface area contributed by atoms with E-state index in [1.165, 1.54) is 17.5 Å². The van der Waals surface area contributed by atoms with Crippen LogP contribution in [0.1, 0.15) is 20.8 Å². The summed E-state index contributed by atoms with van der Waals surface area (Å²) < 4.78 is 6.05. The standard InChI is InChI=1S/C18H16BrClN4O2S/c1-9-5-4-6-11(20)14(9)22-17(25)13-8-21-18(27-13)24-16-12(26-3)7-10(2)15(19)23-16/h4-8H,1-3H3,(H,22,25)(H,21,23,24). The number of amides is 1. The summed E-state index contributed by atoms with van der Waals surface area (Å²) in [6.07, 6.45) is 1.50. The molecule has 0 bridgehead atoms. The minimum atomic E-state index is -0.276. The Bertz CT molecular complexity index is 989. The smallest absolute Gasteiger partial charge is 0.267 e. The lowest BCUT2D eigenvalue weighted by atomic mass is 10.2. The quantitative estimate of drug-likeness (QED) is 0.479. The van der Waals surface area contributed by atoms with Crippen molar-refractivity contribution in [2.24, 2.45) is 0 Å². The first kappa shape index (κ1) is 19.6. The van der Waals surface area contributed by atoms with E-state index in [1.807, 2.05) is 32.0 Å². The Balaban J connectivity index is 1.79. The van der Waals surface area contributed by atoms with E-state index in [0.29, 0.717) is 36.9 Å². The molecule has 0 spiro atoms. The monoisotopic (exact) mass is 466 g/mol. The van der Waals surface area contributed by atoms with Crippen molar-refractivity contribution in [1.82, 2.24) is 9.97 Å². The number of rotatable bonds is 5. The van der Waals surface area contributed by atoms with Gasteiger partial charge in [-0.05, 0) is 53.0 Å². The fourth-order valence-corrected chi connectivity index (χ4v) is 3.59. The summed E-state index contributed by atoms with van der Waals surface area (Å²) in [5.41, 5.74) is 2.43. The van der Waals surface area contributed by atoms with Crippen LogP contribution in [-0.2, 0) is 0 Å². The van der Waals surface area contributed by atoms with Gasteiger partial charge in [0.15, 0.2) is 16.7 Å². The third kappa shape index (κ3) is 4.40. The fraction of sp³-hybridized carbons (Fsp3) is 0.167. The highest BCUT2D eigenvalue weighted by atomic mass is 79.9. The first-order valence-corrected chi connectivity index (χ1v) is 9.88. The molecule has 0 saturated carbocycles. The van der Waals surface area contributed by atoms with E-state index >= 15 is 0 Å². The third-order valence-electron chi connectivity index (χ3n) is 3.75. The first-order chi connectivity index (χ1) is 12.9. The number of anilines is 3. The van der Waals surface area contributed by atoms with Crippen LogP contribution in [0.15, 0.2) is 35.1 Å². The number of carbonyl (C=O) groups is 1. The summed E-state index contributed by atoms with van der Waals surface area (Å²) in [7, 11) is 1.57. The Hall–Kier alpha value is -2.16. The summed E-state index contributed by atoms with van der Waals surface area (Å²) in [4.78, 5) is 21.6. The Kier molecular flexibility index (Phi) is 5.98.